The highest BCUT2D eigenvalue weighted by Gasteiger charge is 2.27. The average molecular weight is 368 g/mol. The number of hydrogen-bond acceptors (Lipinski definition) is 6. The first-order valence-electron chi connectivity index (χ1n) is 8.86. The summed E-state index contributed by atoms with van der Waals surface area (Å²) >= 11 is 6.44. The van der Waals surface area contributed by atoms with Crippen LogP contribution in [0.3, 0.4) is 0 Å². The van der Waals surface area contributed by atoms with Gasteiger partial charge in [0.15, 0.2) is 5.82 Å². The van der Waals surface area contributed by atoms with Crippen LogP contribution < -0.4 is 0 Å². The summed E-state index contributed by atoms with van der Waals surface area (Å²) in [5, 5.41) is 9.31. The van der Waals surface area contributed by atoms with Crippen LogP contribution in [0.1, 0.15) is 48.7 Å². The molecule has 0 spiro atoms. The summed E-state index contributed by atoms with van der Waals surface area (Å²) in [6, 6.07) is 0. The highest BCUT2D eigenvalue weighted by atomic mass is 35.5. The van der Waals surface area contributed by atoms with E-state index in [1.165, 1.54) is 0 Å². The number of aryl methyl sites for hydroxylation is 2. The van der Waals surface area contributed by atoms with Gasteiger partial charge in [0.25, 0.3) is 0 Å². The van der Waals surface area contributed by atoms with E-state index in [0.29, 0.717) is 13.0 Å². The molecule has 3 rings (SSSR count). The average Bonchev–Trinajstić information content (AvgIpc) is 3.20. The molecule has 2 aromatic heterocycles. The highest BCUT2D eigenvalue weighted by Crippen LogP contribution is 2.29. The van der Waals surface area contributed by atoms with Crippen molar-refractivity contribution in [2.45, 2.75) is 45.1 Å². The third-order valence-corrected chi connectivity index (χ3v) is 5.21. The van der Waals surface area contributed by atoms with Crippen molar-refractivity contribution in [3.63, 3.8) is 0 Å². The molecule has 1 saturated heterocycles. The first kappa shape index (κ1) is 18.4. The fraction of sp³-hybridized carbons (Fsp3) is 0.706. The van der Waals surface area contributed by atoms with Crippen LogP contribution in [0, 0.1) is 0 Å². The number of ether oxygens (including phenoxy) is 1. The Morgan fingerprint density at radius 1 is 1.40 bits per heavy atom. The minimum Gasteiger partial charge on any atom is -0.384 e. The summed E-state index contributed by atoms with van der Waals surface area (Å²) < 4.78 is 12.3. The van der Waals surface area contributed by atoms with Crippen LogP contribution in [0.25, 0.3) is 0 Å². The Kier molecular flexibility index (Phi) is 6.09. The molecule has 1 fully saturated rings. The van der Waals surface area contributed by atoms with Crippen molar-refractivity contribution in [1.29, 1.82) is 0 Å². The largest absolute Gasteiger partial charge is 0.384 e. The summed E-state index contributed by atoms with van der Waals surface area (Å²) in [6.07, 6.45) is 3.75. The molecule has 2 aromatic rings. The first-order chi connectivity index (χ1) is 12.1. The van der Waals surface area contributed by atoms with Crippen LogP contribution in [0.15, 0.2) is 4.52 Å². The van der Waals surface area contributed by atoms with Gasteiger partial charge in [-0.15, -0.1) is 0 Å². The third kappa shape index (κ3) is 4.22. The number of likely N-dealkylation sites (tertiary alicyclic amines) is 1. The number of methoxy groups -OCH3 is 1. The van der Waals surface area contributed by atoms with Gasteiger partial charge in [0.1, 0.15) is 5.15 Å². The second-order valence-electron chi connectivity index (χ2n) is 6.56. The van der Waals surface area contributed by atoms with Gasteiger partial charge in [-0.3, -0.25) is 9.58 Å². The van der Waals surface area contributed by atoms with Crippen molar-refractivity contribution in [2.75, 3.05) is 26.8 Å². The molecule has 0 saturated carbocycles. The Morgan fingerprint density at radius 2 is 2.24 bits per heavy atom. The van der Waals surface area contributed by atoms with Crippen molar-refractivity contribution < 1.29 is 9.26 Å². The Hall–Kier alpha value is -1.44. The molecule has 1 aliphatic rings. The van der Waals surface area contributed by atoms with Crippen molar-refractivity contribution >= 4 is 11.6 Å². The Morgan fingerprint density at radius 3 is 3.00 bits per heavy atom. The lowest BCUT2D eigenvalue weighted by atomic mass is 9.97. The number of piperidine rings is 1. The van der Waals surface area contributed by atoms with Crippen molar-refractivity contribution in [3.8, 4) is 0 Å². The normalized spacial score (nSPS) is 18.8. The molecule has 0 bridgehead atoms. The van der Waals surface area contributed by atoms with Gasteiger partial charge in [-0.05, 0) is 25.8 Å². The summed E-state index contributed by atoms with van der Waals surface area (Å²) in [6.45, 7) is 5.49. The molecule has 0 radical (unpaired) electrons. The standard InChI is InChI=1S/C17H26ClN5O2/c1-4-14-13(16(18)22(2)20-14)11-23-8-5-6-12(10-23)17-19-15(21-25-17)7-9-24-3/h12H,4-11H2,1-3H3. The van der Waals surface area contributed by atoms with Crippen LogP contribution in [0.2, 0.25) is 5.15 Å². The van der Waals surface area contributed by atoms with Gasteiger partial charge in [0.05, 0.1) is 18.2 Å². The quantitative estimate of drug-likeness (QED) is 0.749. The summed E-state index contributed by atoms with van der Waals surface area (Å²) in [4.78, 5) is 6.95. The molecule has 1 unspecified atom stereocenters. The van der Waals surface area contributed by atoms with E-state index in [9.17, 15) is 0 Å². The highest BCUT2D eigenvalue weighted by molar-refractivity contribution is 6.30. The first-order valence-corrected chi connectivity index (χ1v) is 9.24. The van der Waals surface area contributed by atoms with E-state index in [1.54, 1.807) is 11.8 Å². The van der Waals surface area contributed by atoms with Crippen molar-refractivity contribution in [1.82, 2.24) is 24.8 Å². The maximum Gasteiger partial charge on any atom is 0.231 e. The third-order valence-electron chi connectivity index (χ3n) is 4.74. The zero-order valence-electron chi connectivity index (χ0n) is 15.2. The van der Waals surface area contributed by atoms with E-state index in [4.69, 9.17) is 20.9 Å². The van der Waals surface area contributed by atoms with Crippen LogP contribution >= 0.6 is 11.6 Å². The van der Waals surface area contributed by atoms with E-state index in [0.717, 1.165) is 67.0 Å². The molecule has 0 N–H and O–H groups in total. The SMILES string of the molecule is CCc1nn(C)c(Cl)c1CN1CCCC(c2nc(CCOC)no2)C1. The van der Waals surface area contributed by atoms with Gasteiger partial charge in [-0.25, -0.2) is 0 Å². The lowest BCUT2D eigenvalue weighted by Crippen LogP contribution is -2.34. The molecule has 1 atom stereocenters. The molecule has 0 amide bonds. The zero-order chi connectivity index (χ0) is 17.8. The number of rotatable bonds is 7. The summed E-state index contributed by atoms with van der Waals surface area (Å²) in [5.74, 6) is 1.74. The van der Waals surface area contributed by atoms with E-state index in [-0.39, 0.29) is 5.92 Å². The van der Waals surface area contributed by atoms with Crippen LogP contribution in [-0.2, 0) is 31.2 Å². The molecule has 1 aliphatic heterocycles. The molecule has 8 heteroatoms. The second kappa shape index (κ2) is 8.29. The maximum absolute atomic E-state index is 6.44. The summed E-state index contributed by atoms with van der Waals surface area (Å²) in [5.41, 5.74) is 2.22. The number of halogens is 1. The lowest BCUT2D eigenvalue weighted by Gasteiger charge is -2.30. The van der Waals surface area contributed by atoms with Gasteiger partial charge in [0, 0.05) is 39.2 Å². The van der Waals surface area contributed by atoms with Crippen LogP contribution in [0.5, 0.6) is 0 Å². The van der Waals surface area contributed by atoms with Gasteiger partial charge in [-0.1, -0.05) is 23.7 Å². The van der Waals surface area contributed by atoms with E-state index >= 15 is 0 Å². The van der Waals surface area contributed by atoms with E-state index in [1.807, 2.05) is 7.05 Å². The molecule has 0 aliphatic carbocycles. The number of hydrogen-bond donors (Lipinski definition) is 0. The van der Waals surface area contributed by atoms with Crippen LogP contribution in [-0.4, -0.2) is 51.6 Å². The summed E-state index contributed by atoms with van der Waals surface area (Å²) in [7, 11) is 3.57. The van der Waals surface area contributed by atoms with Gasteiger partial charge < -0.3 is 9.26 Å². The monoisotopic (exact) mass is 367 g/mol. The fourth-order valence-electron chi connectivity index (χ4n) is 3.39. The zero-order valence-corrected chi connectivity index (χ0v) is 15.9. The number of aromatic nitrogens is 4. The predicted molar refractivity (Wildman–Crippen MR) is 94.7 cm³/mol. The Balaban J connectivity index is 1.66. The molecule has 7 nitrogen and oxygen atoms in total. The van der Waals surface area contributed by atoms with E-state index in [2.05, 4.69) is 27.1 Å². The molecule has 25 heavy (non-hydrogen) atoms. The van der Waals surface area contributed by atoms with Gasteiger partial charge in [0.2, 0.25) is 5.89 Å². The van der Waals surface area contributed by atoms with Crippen molar-refractivity contribution in [3.05, 3.63) is 28.1 Å². The molecule has 138 valence electrons. The molecule has 0 aromatic carbocycles. The maximum atomic E-state index is 6.44. The second-order valence-corrected chi connectivity index (χ2v) is 6.92. The van der Waals surface area contributed by atoms with E-state index < -0.39 is 0 Å². The van der Waals surface area contributed by atoms with Gasteiger partial charge >= 0.3 is 0 Å². The molecule has 3 heterocycles. The topological polar surface area (TPSA) is 69.2 Å². The Bertz CT molecular complexity index is 699. The van der Waals surface area contributed by atoms with Crippen LogP contribution in [0.4, 0.5) is 0 Å². The molecular weight excluding hydrogens is 342 g/mol. The minimum atomic E-state index is 0.276. The van der Waals surface area contributed by atoms with Crippen molar-refractivity contribution in [2.24, 2.45) is 7.05 Å². The predicted octanol–water partition coefficient (Wildman–Crippen LogP) is 2.59. The Labute approximate surface area is 153 Å². The molecular formula is C17H26ClN5O2. The smallest absolute Gasteiger partial charge is 0.231 e. The fourth-order valence-corrected chi connectivity index (χ4v) is 3.60. The van der Waals surface area contributed by atoms with Gasteiger partial charge in [-0.2, -0.15) is 10.1 Å². The lowest BCUT2D eigenvalue weighted by molar-refractivity contribution is 0.179. The minimum absolute atomic E-state index is 0.276. The number of nitrogens with zero attached hydrogens (tertiary/aromatic N) is 5.